The number of hydrogen-bond donors (Lipinski definition) is 0. The lowest BCUT2D eigenvalue weighted by atomic mass is 9.85. The summed E-state index contributed by atoms with van der Waals surface area (Å²) in [4.78, 5) is 7.00. The van der Waals surface area contributed by atoms with E-state index in [9.17, 15) is 8.42 Å². The summed E-state index contributed by atoms with van der Waals surface area (Å²) in [5.41, 5.74) is 4.07. The van der Waals surface area contributed by atoms with Gasteiger partial charge < -0.3 is 0 Å². The molecule has 1 aromatic heterocycles. The van der Waals surface area contributed by atoms with E-state index in [0.717, 1.165) is 37.4 Å². The van der Waals surface area contributed by atoms with Gasteiger partial charge in [0.1, 0.15) is 0 Å². The lowest BCUT2D eigenvalue weighted by molar-refractivity contribution is 0.306. The van der Waals surface area contributed by atoms with Crippen LogP contribution in [0.5, 0.6) is 0 Å². The molecule has 0 radical (unpaired) electrons. The third kappa shape index (κ3) is 2.93. The molecule has 25 heavy (non-hydrogen) atoms. The first-order valence-corrected chi connectivity index (χ1v) is 10.4. The molecule has 132 valence electrons. The summed E-state index contributed by atoms with van der Waals surface area (Å²) >= 11 is 0. The molecule has 1 aromatic carbocycles. The summed E-state index contributed by atoms with van der Waals surface area (Å²) in [5.74, 6) is 0. The normalized spacial score (nSPS) is 23.4. The summed E-state index contributed by atoms with van der Waals surface area (Å²) in [5, 5.41) is 0. The van der Waals surface area contributed by atoms with E-state index in [2.05, 4.69) is 41.1 Å². The Morgan fingerprint density at radius 3 is 2.80 bits per heavy atom. The minimum atomic E-state index is -3.29. The minimum Gasteiger partial charge on any atom is -0.298 e. The van der Waals surface area contributed by atoms with Crippen molar-refractivity contribution in [3.05, 3.63) is 59.4 Å². The Morgan fingerprint density at radius 2 is 2.04 bits per heavy atom. The Balaban J connectivity index is 1.61. The fourth-order valence-corrected chi connectivity index (χ4v) is 5.21. The number of sulfonamides is 1. The van der Waals surface area contributed by atoms with Gasteiger partial charge in [0.15, 0.2) is 0 Å². The van der Waals surface area contributed by atoms with Crippen molar-refractivity contribution in [2.75, 3.05) is 30.2 Å². The molecule has 0 saturated carbocycles. The van der Waals surface area contributed by atoms with Gasteiger partial charge >= 0.3 is 0 Å². The van der Waals surface area contributed by atoms with Crippen molar-refractivity contribution in [2.45, 2.75) is 25.3 Å². The van der Waals surface area contributed by atoms with Crippen LogP contribution in [0.15, 0.2) is 42.6 Å². The van der Waals surface area contributed by atoms with Crippen LogP contribution < -0.4 is 4.31 Å². The van der Waals surface area contributed by atoms with E-state index in [-0.39, 0.29) is 5.41 Å². The Kier molecular flexibility index (Phi) is 3.85. The van der Waals surface area contributed by atoms with Gasteiger partial charge in [-0.15, -0.1) is 0 Å². The highest BCUT2D eigenvalue weighted by Crippen LogP contribution is 2.46. The third-order valence-corrected chi connectivity index (χ3v) is 6.45. The first-order valence-electron chi connectivity index (χ1n) is 8.59. The molecule has 3 heterocycles. The maximum Gasteiger partial charge on any atom is 0.232 e. The molecular formula is C19H23N3O2S. The third-order valence-electron chi connectivity index (χ3n) is 5.33. The summed E-state index contributed by atoms with van der Waals surface area (Å²) in [6.07, 6.45) is 3.99. The highest BCUT2D eigenvalue weighted by atomic mass is 32.2. The Morgan fingerprint density at radius 1 is 1.20 bits per heavy atom. The monoisotopic (exact) mass is 357 g/mol. The zero-order valence-corrected chi connectivity index (χ0v) is 15.5. The van der Waals surface area contributed by atoms with E-state index < -0.39 is 10.0 Å². The molecule has 1 atom stereocenters. The molecule has 0 amide bonds. The van der Waals surface area contributed by atoms with Crippen LogP contribution in [-0.2, 0) is 22.0 Å². The van der Waals surface area contributed by atoms with Crippen molar-refractivity contribution in [3.8, 4) is 0 Å². The van der Waals surface area contributed by atoms with Gasteiger partial charge in [-0.3, -0.25) is 14.2 Å². The second kappa shape index (κ2) is 5.81. The SMILES string of the molecule is Cc1cccc(CN2CC[C@@]3(C2)CN(S(C)(=O)=O)c2cccnc23)c1. The number of fused-ring (bicyclic) bond motifs is 2. The summed E-state index contributed by atoms with van der Waals surface area (Å²) in [6, 6.07) is 12.3. The first kappa shape index (κ1) is 16.5. The fraction of sp³-hybridized carbons (Fsp3) is 0.421. The summed E-state index contributed by atoms with van der Waals surface area (Å²) < 4.78 is 26.0. The van der Waals surface area contributed by atoms with E-state index in [1.165, 1.54) is 21.7 Å². The Labute approximate surface area is 149 Å². The van der Waals surface area contributed by atoms with E-state index in [4.69, 9.17) is 0 Å². The van der Waals surface area contributed by atoms with Gasteiger partial charge in [0.2, 0.25) is 10.0 Å². The van der Waals surface area contributed by atoms with E-state index in [1.54, 1.807) is 6.20 Å². The van der Waals surface area contributed by atoms with Crippen molar-refractivity contribution in [1.29, 1.82) is 0 Å². The van der Waals surface area contributed by atoms with Crippen molar-refractivity contribution in [2.24, 2.45) is 0 Å². The molecule has 0 N–H and O–H groups in total. The maximum atomic E-state index is 12.2. The molecule has 5 nitrogen and oxygen atoms in total. The molecule has 4 rings (SSSR count). The predicted octanol–water partition coefficient (Wildman–Crippen LogP) is 2.31. The zero-order valence-electron chi connectivity index (χ0n) is 14.6. The summed E-state index contributed by atoms with van der Waals surface area (Å²) in [7, 11) is -3.29. The van der Waals surface area contributed by atoms with Crippen molar-refractivity contribution >= 4 is 15.7 Å². The Bertz CT molecular complexity index is 912. The molecule has 2 aromatic rings. The molecule has 1 fully saturated rings. The average molecular weight is 357 g/mol. The van der Waals surface area contributed by atoms with Crippen molar-refractivity contribution in [3.63, 3.8) is 0 Å². The number of benzene rings is 1. The van der Waals surface area contributed by atoms with Crippen LogP contribution in [0.4, 0.5) is 5.69 Å². The lowest BCUT2D eigenvalue weighted by Crippen LogP contribution is -2.38. The Hall–Kier alpha value is -1.92. The van der Waals surface area contributed by atoms with E-state index >= 15 is 0 Å². The van der Waals surface area contributed by atoms with Crippen LogP contribution in [0.1, 0.15) is 23.2 Å². The summed E-state index contributed by atoms with van der Waals surface area (Å²) in [6.45, 7) is 5.31. The van der Waals surface area contributed by atoms with Crippen LogP contribution in [0, 0.1) is 6.92 Å². The highest BCUT2D eigenvalue weighted by molar-refractivity contribution is 7.92. The van der Waals surface area contributed by atoms with Crippen LogP contribution >= 0.6 is 0 Å². The molecule has 0 aliphatic carbocycles. The molecule has 0 unspecified atom stereocenters. The van der Waals surface area contributed by atoms with Crippen molar-refractivity contribution < 1.29 is 8.42 Å². The number of hydrogen-bond acceptors (Lipinski definition) is 4. The molecule has 0 bridgehead atoms. The van der Waals surface area contributed by atoms with Gasteiger partial charge in [0.25, 0.3) is 0 Å². The second-order valence-corrected chi connectivity index (χ2v) is 9.28. The number of aryl methyl sites for hydroxylation is 1. The average Bonchev–Trinajstić information content (AvgIpc) is 3.10. The van der Waals surface area contributed by atoms with Gasteiger partial charge in [-0.05, 0) is 37.6 Å². The highest BCUT2D eigenvalue weighted by Gasteiger charge is 2.50. The van der Waals surface area contributed by atoms with Crippen LogP contribution in [0.25, 0.3) is 0 Å². The standard InChI is InChI=1S/C19H23N3O2S/c1-15-5-3-6-16(11-15)12-21-10-8-19(13-21)14-22(25(2,23)24)17-7-4-9-20-18(17)19/h3-7,9,11H,8,10,12-14H2,1-2H3/t19-/m1/s1. The number of rotatable bonds is 3. The molecule has 6 heteroatoms. The van der Waals surface area contributed by atoms with Gasteiger partial charge in [0, 0.05) is 31.2 Å². The molecule has 2 aliphatic heterocycles. The lowest BCUT2D eigenvalue weighted by Gasteiger charge is -2.25. The fourth-order valence-electron chi connectivity index (χ4n) is 4.22. The predicted molar refractivity (Wildman–Crippen MR) is 99.2 cm³/mol. The van der Waals surface area contributed by atoms with E-state index in [1.807, 2.05) is 12.1 Å². The van der Waals surface area contributed by atoms with Crippen LogP contribution in [-0.4, -0.2) is 44.2 Å². The van der Waals surface area contributed by atoms with Gasteiger partial charge in [-0.1, -0.05) is 29.8 Å². The smallest absolute Gasteiger partial charge is 0.232 e. The molecule has 2 aliphatic rings. The first-order chi connectivity index (χ1) is 11.9. The molecule has 1 spiro atoms. The van der Waals surface area contributed by atoms with Gasteiger partial charge in [0.05, 0.1) is 17.6 Å². The topological polar surface area (TPSA) is 53.5 Å². The number of nitrogens with zero attached hydrogens (tertiary/aromatic N) is 3. The zero-order chi connectivity index (χ0) is 17.7. The van der Waals surface area contributed by atoms with Crippen LogP contribution in [0.3, 0.4) is 0 Å². The number of likely N-dealkylation sites (tertiary alicyclic amines) is 1. The number of anilines is 1. The molecule has 1 saturated heterocycles. The van der Waals surface area contributed by atoms with E-state index in [0.29, 0.717) is 6.54 Å². The van der Waals surface area contributed by atoms with Gasteiger partial charge in [-0.2, -0.15) is 0 Å². The number of aromatic nitrogens is 1. The van der Waals surface area contributed by atoms with Gasteiger partial charge in [-0.25, -0.2) is 8.42 Å². The van der Waals surface area contributed by atoms with Crippen LogP contribution in [0.2, 0.25) is 0 Å². The second-order valence-electron chi connectivity index (χ2n) is 7.37. The quantitative estimate of drug-likeness (QED) is 0.846. The number of pyridine rings is 1. The van der Waals surface area contributed by atoms with Crippen molar-refractivity contribution in [1.82, 2.24) is 9.88 Å². The minimum absolute atomic E-state index is 0.191. The molecular weight excluding hydrogens is 334 g/mol. The largest absolute Gasteiger partial charge is 0.298 e. The maximum absolute atomic E-state index is 12.2.